The molecule has 0 amide bonds. The van der Waals surface area contributed by atoms with Gasteiger partial charge in [-0.25, -0.2) is 8.78 Å². The molecule has 0 saturated heterocycles. The van der Waals surface area contributed by atoms with Gasteiger partial charge in [-0.2, -0.15) is 0 Å². The average Bonchev–Trinajstić information content (AvgIpc) is 2.28. The van der Waals surface area contributed by atoms with E-state index in [9.17, 15) is 13.6 Å². The Hall–Kier alpha value is -1.49. The van der Waals surface area contributed by atoms with Gasteiger partial charge in [0.05, 0.1) is 18.3 Å². The second kappa shape index (κ2) is 6.30. The largest absolute Gasteiger partial charge is 0.487 e. The molecule has 0 N–H and O–H groups in total. The van der Waals surface area contributed by atoms with Crippen LogP contribution >= 0.6 is 0 Å². The van der Waals surface area contributed by atoms with Crippen LogP contribution < -0.4 is 4.74 Å². The fourth-order valence-corrected chi connectivity index (χ4v) is 1.23. The van der Waals surface area contributed by atoms with Crippen molar-refractivity contribution in [2.24, 2.45) is 0 Å². The SMILES string of the molecule is CC(C)OCCOc1c(F)ccc(F)c1C=O. The zero-order chi connectivity index (χ0) is 12.8. The van der Waals surface area contributed by atoms with Gasteiger partial charge in [0.2, 0.25) is 0 Å². The van der Waals surface area contributed by atoms with Crippen LogP contribution in [-0.4, -0.2) is 25.6 Å². The van der Waals surface area contributed by atoms with Gasteiger partial charge >= 0.3 is 0 Å². The first kappa shape index (κ1) is 13.6. The van der Waals surface area contributed by atoms with Crippen molar-refractivity contribution < 1.29 is 23.0 Å². The molecule has 0 aliphatic carbocycles. The molecule has 0 spiro atoms. The Balaban J connectivity index is 2.69. The zero-order valence-corrected chi connectivity index (χ0v) is 9.70. The highest BCUT2D eigenvalue weighted by atomic mass is 19.1. The van der Waals surface area contributed by atoms with Crippen molar-refractivity contribution in [3.63, 3.8) is 0 Å². The van der Waals surface area contributed by atoms with Crippen molar-refractivity contribution in [1.82, 2.24) is 0 Å². The number of hydrogen-bond donors (Lipinski definition) is 0. The van der Waals surface area contributed by atoms with E-state index in [-0.39, 0.29) is 31.4 Å². The summed E-state index contributed by atoms with van der Waals surface area (Å²) < 4.78 is 36.7. The Morgan fingerprint density at radius 2 is 1.88 bits per heavy atom. The number of benzene rings is 1. The van der Waals surface area contributed by atoms with E-state index in [2.05, 4.69) is 0 Å². The van der Waals surface area contributed by atoms with E-state index >= 15 is 0 Å². The Bertz CT molecular complexity index is 392. The summed E-state index contributed by atoms with van der Waals surface area (Å²) in [5.74, 6) is -1.94. The summed E-state index contributed by atoms with van der Waals surface area (Å²) in [6.45, 7) is 3.99. The average molecular weight is 244 g/mol. The second-order valence-corrected chi connectivity index (χ2v) is 3.66. The molecule has 17 heavy (non-hydrogen) atoms. The van der Waals surface area contributed by atoms with Gasteiger partial charge in [-0.15, -0.1) is 0 Å². The quantitative estimate of drug-likeness (QED) is 0.570. The maximum atomic E-state index is 13.3. The van der Waals surface area contributed by atoms with Crippen LogP contribution in [0.3, 0.4) is 0 Å². The van der Waals surface area contributed by atoms with Crippen molar-refractivity contribution in [1.29, 1.82) is 0 Å². The number of aldehydes is 1. The Morgan fingerprint density at radius 3 is 2.47 bits per heavy atom. The smallest absolute Gasteiger partial charge is 0.168 e. The van der Waals surface area contributed by atoms with Gasteiger partial charge in [0, 0.05) is 0 Å². The lowest BCUT2D eigenvalue weighted by Gasteiger charge is -2.11. The molecule has 0 saturated carbocycles. The van der Waals surface area contributed by atoms with Crippen molar-refractivity contribution in [2.75, 3.05) is 13.2 Å². The number of carbonyl (C=O) groups excluding carboxylic acids is 1. The molecule has 0 fully saturated rings. The Morgan fingerprint density at radius 1 is 1.24 bits per heavy atom. The summed E-state index contributed by atoms with van der Waals surface area (Å²) >= 11 is 0. The van der Waals surface area contributed by atoms with E-state index < -0.39 is 17.2 Å². The Labute approximate surface area is 98.3 Å². The predicted octanol–water partition coefficient (Wildman–Crippen LogP) is 2.58. The van der Waals surface area contributed by atoms with Crippen LogP contribution in [0.2, 0.25) is 0 Å². The molecule has 0 aromatic heterocycles. The summed E-state index contributed by atoms with van der Waals surface area (Å²) in [4.78, 5) is 10.6. The fourth-order valence-electron chi connectivity index (χ4n) is 1.23. The highest BCUT2D eigenvalue weighted by Crippen LogP contribution is 2.23. The maximum absolute atomic E-state index is 13.3. The minimum atomic E-state index is -0.804. The maximum Gasteiger partial charge on any atom is 0.168 e. The lowest BCUT2D eigenvalue weighted by molar-refractivity contribution is 0.0540. The third-order valence-corrected chi connectivity index (χ3v) is 1.99. The minimum Gasteiger partial charge on any atom is -0.487 e. The van der Waals surface area contributed by atoms with Gasteiger partial charge in [-0.3, -0.25) is 4.79 Å². The normalized spacial score (nSPS) is 10.6. The van der Waals surface area contributed by atoms with Crippen molar-refractivity contribution in [3.05, 3.63) is 29.3 Å². The molecule has 0 bridgehead atoms. The summed E-state index contributed by atoms with van der Waals surface area (Å²) in [5, 5.41) is 0. The van der Waals surface area contributed by atoms with Crippen molar-refractivity contribution in [2.45, 2.75) is 20.0 Å². The zero-order valence-electron chi connectivity index (χ0n) is 9.70. The van der Waals surface area contributed by atoms with Crippen molar-refractivity contribution >= 4 is 6.29 Å². The highest BCUT2D eigenvalue weighted by Gasteiger charge is 2.14. The third-order valence-electron chi connectivity index (χ3n) is 1.99. The van der Waals surface area contributed by atoms with Crippen LogP contribution in [0, 0.1) is 11.6 Å². The van der Waals surface area contributed by atoms with E-state index in [1.54, 1.807) is 0 Å². The molecule has 1 rings (SSSR count). The van der Waals surface area contributed by atoms with Gasteiger partial charge in [0.15, 0.2) is 17.9 Å². The first-order valence-corrected chi connectivity index (χ1v) is 5.23. The monoisotopic (exact) mass is 244 g/mol. The molecule has 1 aromatic carbocycles. The predicted molar refractivity (Wildman–Crippen MR) is 58.3 cm³/mol. The second-order valence-electron chi connectivity index (χ2n) is 3.66. The summed E-state index contributed by atoms with van der Waals surface area (Å²) in [6, 6.07) is 1.80. The number of ether oxygens (including phenoxy) is 2. The van der Waals surface area contributed by atoms with Crippen LogP contribution in [0.4, 0.5) is 8.78 Å². The molecule has 94 valence electrons. The molecule has 3 nitrogen and oxygen atoms in total. The van der Waals surface area contributed by atoms with Crippen molar-refractivity contribution in [3.8, 4) is 5.75 Å². The molecular formula is C12H14F2O3. The lowest BCUT2D eigenvalue weighted by Crippen LogP contribution is -2.13. The van der Waals surface area contributed by atoms with E-state index in [1.807, 2.05) is 13.8 Å². The first-order valence-electron chi connectivity index (χ1n) is 5.23. The molecule has 0 aliphatic rings. The molecule has 0 aliphatic heterocycles. The van der Waals surface area contributed by atoms with E-state index in [1.165, 1.54) is 0 Å². The minimum absolute atomic E-state index is 0.0292. The molecule has 1 aromatic rings. The molecule has 0 heterocycles. The molecule has 0 atom stereocenters. The number of hydrogen-bond acceptors (Lipinski definition) is 3. The topological polar surface area (TPSA) is 35.5 Å². The van der Waals surface area contributed by atoms with Gasteiger partial charge in [0.1, 0.15) is 12.4 Å². The summed E-state index contributed by atoms with van der Waals surface area (Å²) in [5.41, 5.74) is -0.408. The molecule has 0 radical (unpaired) electrons. The first-order chi connectivity index (χ1) is 8.06. The molecular weight excluding hydrogens is 230 g/mol. The summed E-state index contributed by atoms with van der Waals surface area (Å²) in [7, 11) is 0. The van der Waals surface area contributed by atoms with Gasteiger partial charge < -0.3 is 9.47 Å². The Kier molecular flexibility index (Phi) is 5.03. The standard InChI is InChI=1S/C12H14F2O3/c1-8(2)16-5-6-17-12-9(7-15)10(13)3-4-11(12)14/h3-4,7-8H,5-6H2,1-2H3. The van der Waals surface area contributed by atoms with Gasteiger partial charge in [-0.05, 0) is 26.0 Å². The van der Waals surface area contributed by atoms with Crippen LogP contribution in [0.15, 0.2) is 12.1 Å². The number of rotatable bonds is 6. The van der Waals surface area contributed by atoms with E-state index in [4.69, 9.17) is 9.47 Å². The van der Waals surface area contributed by atoms with Crippen LogP contribution in [0.25, 0.3) is 0 Å². The van der Waals surface area contributed by atoms with Crippen LogP contribution in [0.1, 0.15) is 24.2 Å². The van der Waals surface area contributed by atoms with E-state index in [0.717, 1.165) is 12.1 Å². The third kappa shape index (κ3) is 3.78. The molecule has 0 unspecified atom stereocenters. The molecule has 5 heteroatoms. The van der Waals surface area contributed by atoms with Gasteiger partial charge in [-0.1, -0.05) is 0 Å². The van der Waals surface area contributed by atoms with Crippen LogP contribution in [-0.2, 0) is 4.74 Å². The van der Waals surface area contributed by atoms with Gasteiger partial charge in [0.25, 0.3) is 0 Å². The lowest BCUT2D eigenvalue weighted by atomic mass is 10.2. The van der Waals surface area contributed by atoms with Crippen LogP contribution in [0.5, 0.6) is 5.75 Å². The highest BCUT2D eigenvalue weighted by molar-refractivity contribution is 5.79. The number of carbonyl (C=O) groups is 1. The number of halogens is 2. The summed E-state index contributed by atoms with van der Waals surface area (Å²) in [6.07, 6.45) is 0.262. The van der Waals surface area contributed by atoms with E-state index in [0.29, 0.717) is 0 Å². The fraction of sp³-hybridized carbons (Fsp3) is 0.417.